The van der Waals surface area contributed by atoms with Crippen LogP contribution in [0, 0.1) is 5.92 Å². The first-order valence-corrected chi connectivity index (χ1v) is 5.74. The van der Waals surface area contributed by atoms with E-state index in [1.54, 1.807) is 7.11 Å². The van der Waals surface area contributed by atoms with Crippen molar-refractivity contribution in [3.63, 3.8) is 0 Å². The van der Waals surface area contributed by atoms with Crippen LogP contribution < -0.4 is 5.73 Å². The Labute approximate surface area is 90.8 Å². The highest BCUT2D eigenvalue weighted by Crippen LogP contribution is 2.49. The molecule has 1 aliphatic carbocycles. The summed E-state index contributed by atoms with van der Waals surface area (Å²) in [6, 6.07) is 0. The average Bonchev–Trinajstić information content (AvgIpc) is 2.47. The fraction of sp³-hybridized carbons (Fsp3) is 0.909. The van der Waals surface area contributed by atoms with Gasteiger partial charge in [0.15, 0.2) is 0 Å². The van der Waals surface area contributed by atoms with Crippen LogP contribution in [0.25, 0.3) is 0 Å². The molecule has 0 aromatic rings. The zero-order chi connectivity index (χ0) is 10.9. The van der Waals surface area contributed by atoms with Crippen molar-refractivity contribution < 1.29 is 9.53 Å². The Morgan fingerprint density at radius 3 is 2.93 bits per heavy atom. The summed E-state index contributed by atoms with van der Waals surface area (Å²) < 4.78 is 4.94. The molecule has 0 aromatic heterocycles. The standard InChI is InChI=1S/C11H20N2O2/c1-15-7-4-10(14)13-6-3-9-2-5-11(9,13)8-12/h9H,2-8,12H2,1H3. The number of nitrogens with two attached hydrogens (primary N) is 1. The van der Waals surface area contributed by atoms with Gasteiger partial charge in [-0.2, -0.15) is 0 Å². The molecule has 2 unspecified atom stereocenters. The molecule has 2 atom stereocenters. The van der Waals surface area contributed by atoms with Crippen molar-refractivity contribution in [3.05, 3.63) is 0 Å². The van der Waals surface area contributed by atoms with Crippen LogP contribution in [0.2, 0.25) is 0 Å². The molecule has 2 fully saturated rings. The summed E-state index contributed by atoms with van der Waals surface area (Å²) >= 11 is 0. The Morgan fingerprint density at radius 2 is 2.40 bits per heavy atom. The summed E-state index contributed by atoms with van der Waals surface area (Å²) in [6.07, 6.45) is 3.96. The molecule has 0 radical (unpaired) electrons. The molecule has 2 aliphatic rings. The first kappa shape index (κ1) is 10.9. The second-order valence-corrected chi connectivity index (χ2v) is 4.62. The lowest BCUT2D eigenvalue weighted by Gasteiger charge is -2.49. The Hall–Kier alpha value is -0.610. The van der Waals surface area contributed by atoms with Crippen molar-refractivity contribution >= 4 is 5.91 Å². The third-order valence-corrected chi connectivity index (χ3v) is 4.10. The highest BCUT2D eigenvalue weighted by molar-refractivity contribution is 5.78. The van der Waals surface area contributed by atoms with Gasteiger partial charge in [-0.25, -0.2) is 0 Å². The van der Waals surface area contributed by atoms with Crippen molar-refractivity contribution in [1.29, 1.82) is 0 Å². The van der Waals surface area contributed by atoms with E-state index in [0.29, 0.717) is 25.5 Å². The van der Waals surface area contributed by atoms with E-state index in [4.69, 9.17) is 10.5 Å². The molecule has 15 heavy (non-hydrogen) atoms. The van der Waals surface area contributed by atoms with E-state index in [-0.39, 0.29) is 11.4 Å². The van der Waals surface area contributed by atoms with Crippen LogP contribution in [0.15, 0.2) is 0 Å². The van der Waals surface area contributed by atoms with Gasteiger partial charge in [-0.3, -0.25) is 4.79 Å². The number of hydrogen-bond donors (Lipinski definition) is 1. The van der Waals surface area contributed by atoms with Gasteiger partial charge in [0.1, 0.15) is 0 Å². The van der Waals surface area contributed by atoms with Gasteiger partial charge in [-0.05, 0) is 25.2 Å². The Morgan fingerprint density at radius 1 is 1.60 bits per heavy atom. The van der Waals surface area contributed by atoms with Crippen LogP contribution in [0.1, 0.15) is 25.7 Å². The van der Waals surface area contributed by atoms with Crippen molar-refractivity contribution in [2.45, 2.75) is 31.2 Å². The molecule has 4 heteroatoms. The van der Waals surface area contributed by atoms with E-state index in [1.165, 1.54) is 6.42 Å². The summed E-state index contributed by atoms with van der Waals surface area (Å²) in [7, 11) is 1.63. The first-order valence-electron chi connectivity index (χ1n) is 5.74. The van der Waals surface area contributed by atoms with E-state index in [1.807, 2.05) is 4.90 Å². The number of carbonyl (C=O) groups excluding carboxylic acids is 1. The Kier molecular flexibility index (Phi) is 2.98. The lowest BCUT2D eigenvalue weighted by atomic mass is 9.67. The van der Waals surface area contributed by atoms with Gasteiger partial charge in [0.25, 0.3) is 0 Å². The van der Waals surface area contributed by atoms with E-state index < -0.39 is 0 Å². The summed E-state index contributed by atoms with van der Waals surface area (Å²) in [6.45, 7) is 2.03. The first-order chi connectivity index (χ1) is 7.24. The summed E-state index contributed by atoms with van der Waals surface area (Å²) in [5, 5.41) is 0. The fourth-order valence-electron chi connectivity index (χ4n) is 3.03. The highest BCUT2D eigenvalue weighted by atomic mass is 16.5. The van der Waals surface area contributed by atoms with Gasteiger partial charge in [-0.1, -0.05) is 0 Å². The SMILES string of the molecule is COCCC(=O)N1CCC2CCC21CN. The van der Waals surface area contributed by atoms with Crippen molar-refractivity contribution in [2.24, 2.45) is 11.7 Å². The van der Waals surface area contributed by atoms with Crippen molar-refractivity contribution in [1.82, 2.24) is 4.90 Å². The number of fused-ring (bicyclic) bond motifs is 1. The van der Waals surface area contributed by atoms with Gasteiger partial charge < -0.3 is 15.4 Å². The quantitative estimate of drug-likeness (QED) is 0.732. The normalized spacial score (nSPS) is 33.7. The molecular formula is C11H20N2O2. The summed E-state index contributed by atoms with van der Waals surface area (Å²) in [4.78, 5) is 14.0. The summed E-state index contributed by atoms with van der Waals surface area (Å²) in [5.74, 6) is 0.874. The molecule has 2 rings (SSSR count). The molecule has 1 amide bonds. The van der Waals surface area contributed by atoms with Gasteiger partial charge in [0.05, 0.1) is 18.6 Å². The molecule has 2 N–H and O–H groups in total. The molecule has 1 saturated carbocycles. The molecule has 1 aliphatic heterocycles. The fourth-order valence-corrected chi connectivity index (χ4v) is 3.03. The maximum absolute atomic E-state index is 11.9. The minimum Gasteiger partial charge on any atom is -0.384 e. The minimum atomic E-state index is 0.0187. The molecule has 4 nitrogen and oxygen atoms in total. The second kappa shape index (κ2) is 4.10. The number of ether oxygens (including phenoxy) is 1. The predicted molar refractivity (Wildman–Crippen MR) is 57.3 cm³/mol. The second-order valence-electron chi connectivity index (χ2n) is 4.62. The molecular weight excluding hydrogens is 192 g/mol. The maximum atomic E-state index is 11.9. The number of likely N-dealkylation sites (tertiary alicyclic amines) is 1. The van der Waals surface area contributed by atoms with Gasteiger partial charge in [0, 0.05) is 20.2 Å². The lowest BCUT2D eigenvalue weighted by molar-refractivity contribution is -0.140. The van der Waals surface area contributed by atoms with E-state index >= 15 is 0 Å². The largest absolute Gasteiger partial charge is 0.384 e. The van der Waals surface area contributed by atoms with Gasteiger partial charge in [-0.15, -0.1) is 0 Å². The topological polar surface area (TPSA) is 55.6 Å². The number of methoxy groups -OCH3 is 1. The average molecular weight is 212 g/mol. The van der Waals surface area contributed by atoms with E-state index in [0.717, 1.165) is 19.4 Å². The number of nitrogens with zero attached hydrogens (tertiary/aromatic N) is 1. The minimum absolute atomic E-state index is 0.0187. The van der Waals surface area contributed by atoms with Crippen LogP contribution in [0.3, 0.4) is 0 Å². The van der Waals surface area contributed by atoms with Gasteiger partial charge >= 0.3 is 0 Å². The smallest absolute Gasteiger partial charge is 0.225 e. The number of carbonyl (C=O) groups is 1. The molecule has 0 bridgehead atoms. The molecule has 0 spiro atoms. The van der Waals surface area contributed by atoms with Crippen molar-refractivity contribution in [3.8, 4) is 0 Å². The van der Waals surface area contributed by atoms with Crippen LogP contribution in [0.4, 0.5) is 0 Å². The zero-order valence-electron chi connectivity index (χ0n) is 9.37. The monoisotopic (exact) mass is 212 g/mol. The van der Waals surface area contributed by atoms with E-state index in [9.17, 15) is 4.79 Å². The van der Waals surface area contributed by atoms with E-state index in [2.05, 4.69) is 0 Å². The Bertz CT molecular complexity index is 253. The number of amides is 1. The van der Waals surface area contributed by atoms with Crippen LogP contribution >= 0.6 is 0 Å². The lowest BCUT2D eigenvalue weighted by Crippen LogP contribution is -2.60. The number of rotatable bonds is 4. The molecule has 0 aromatic carbocycles. The Balaban J connectivity index is 2.00. The molecule has 86 valence electrons. The maximum Gasteiger partial charge on any atom is 0.225 e. The zero-order valence-corrected chi connectivity index (χ0v) is 9.37. The van der Waals surface area contributed by atoms with Crippen LogP contribution in [0.5, 0.6) is 0 Å². The third-order valence-electron chi connectivity index (χ3n) is 4.10. The van der Waals surface area contributed by atoms with Gasteiger partial charge in [0.2, 0.25) is 5.91 Å². The number of hydrogen-bond acceptors (Lipinski definition) is 3. The molecule has 1 saturated heterocycles. The summed E-state index contributed by atoms with van der Waals surface area (Å²) in [5.41, 5.74) is 5.86. The predicted octanol–water partition coefficient (Wildman–Crippen LogP) is 0.363. The third kappa shape index (κ3) is 1.56. The highest BCUT2D eigenvalue weighted by Gasteiger charge is 2.55. The van der Waals surface area contributed by atoms with Crippen LogP contribution in [-0.2, 0) is 9.53 Å². The van der Waals surface area contributed by atoms with Crippen LogP contribution in [-0.4, -0.2) is 43.2 Å². The van der Waals surface area contributed by atoms with Crippen molar-refractivity contribution in [2.75, 3.05) is 26.8 Å². The molecule has 1 heterocycles.